The van der Waals surface area contributed by atoms with Crippen molar-refractivity contribution in [2.45, 2.75) is 6.54 Å². The largest absolute Gasteiger partial charge is 0.341 e. The number of nitro benzene ring substituents is 1. The summed E-state index contributed by atoms with van der Waals surface area (Å²) in [5.74, 6) is 0. The Hall–Kier alpha value is -3.34. The van der Waals surface area contributed by atoms with Crippen LogP contribution in [-0.4, -0.2) is 12.0 Å². The quantitative estimate of drug-likeness (QED) is 0.500. The fraction of sp³-hybridized carbons (Fsp3) is 0.100. The van der Waals surface area contributed by atoms with Crippen LogP contribution in [0.25, 0.3) is 0 Å². The van der Waals surface area contributed by atoms with Crippen molar-refractivity contribution in [3.63, 3.8) is 0 Å². The van der Waals surface area contributed by atoms with Crippen molar-refractivity contribution in [1.29, 1.82) is 0 Å². The number of anilines is 4. The van der Waals surface area contributed by atoms with Gasteiger partial charge in [-0.25, -0.2) is 0 Å². The molecule has 0 saturated carbocycles. The highest BCUT2D eigenvalue weighted by atomic mass is 16.6. The molecule has 0 spiro atoms. The Bertz CT molecular complexity index is 890. The summed E-state index contributed by atoms with van der Waals surface area (Å²) < 4.78 is 0. The molecule has 0 atom stereocenters. The molecule has 0 radical (unpaired) electrons. The van der Waals surface area contributed by atoms with Gasteiger partial charge in [0, 0.05) is 25.7 Å². The molecule has 5 heteroatoms. The van der Waals surface area contributed by atoms with Gasteiger partial charge >= 0.3 is 0 Å². The third kappa shape index (κ3) is 2.59. The molecule has 0 N–H and O–H groups in total. The smallest absolute Gasteiger partial charge is 0.269 e. The van der Waals surface area contributed by atoms with E-state index in [1.807, 2.05) is 36.4 Å². The van der Waals surface area contributed by atoms with Gasteiger partial charge in [-0.2, -0.15) is 0 Å². The zero-order chi connectivity index (χ0) is 17.4. The molecule has 0 amide bonds. The molecule has 3 aromatic carbocycles. The molecule has 5 nitrogen and oxygen atoms in total. The lowest BCUT2D eigenvalue weighted by molar-refractivity contribution is -0.384. The van der Waals surface area contributed by atoms with E-state index in [0.717, 1.165) is 28.3 Å². The number of hydrogen-bond acceptors (Lipinski definition) is 4. The Balaban J connectivity index is 1.76. The number of nitro groups is 1. The second kappa shape index (κ2) is 5.94. The molecular formula is C20H17N3O2. The Morgan fingerprint density at radius 1 is 0.800 bits per heavy atom. The van der Waals surface area contributed by atoms with E-state index in [1.165, 1.54) is 0 Å². The van der Waals surface area contributed by atoms with Crippen LogP contribution in [-0.2, 0) is 6.54 Å². The van der Waals surface area contributed by atoms with E-state index >= 15 is 0 Å². The van der Waals surface area contributed by atoms with Crippen LogP contribution in [0.5, 0.6) is 0 Å². The lowest BCUT2D eigenvalue weighted by Gasteiger charge is -2.38. The van der Waals surface area contributed by atoms with Crippen molar-refractivity contribution < 1.29 is 4.92 Å². The first kappa shape index (κ1) is 15.2. The van der Waals surface area contributed by atoms with Crippen LogP contribution >= 0.6 is 0 Å². The summed E-state index contributed by atoms with van der Waals surface area (Å²) in [6.45, 7) is 0.653. The van der Waals surface area contributed by atoms with Gasteiger partial charge in [-0.15, -0.1) is 0 Å². The summed E-state index contributed by atoms with van der Waals surface area (Å²) in [5, 5.41) is 10.9. The number of fused-ring (bicyclic) bond motifs is 2. The number of benzene rings is 3. The van der Waals surface area contributed by atoms with Gasteiger partial charge in [0.1, 0.15) is 0 Å². The van der Waals surface area contributed by atoms with Crippen LogP contribution in [0.2, 0.25) is 0 Å². The molecule has 0 unspecified atom stereocenters. The van der Waals surface area contributed by atoms with E-state index in [1.54, 1.807) is 12.1 Å². The predicted molar refractivity (Wildman–Crippen MR) is 99.9 cm³/mol. The Morgan fingerprint density at radius 2 is 1.28 bits per heavy atom. The average molecular weight is 331 g/mol. The molecule has 0 fully saturated rings. The molecule has 0 saturated heterocycles. The number of rotatable bonds is 3. The maximum atomic E-state index is 10.9. The van der Waals surface area contributed by atoms with E-state index in [-0.39, 0.29) is 10.6 Å². The second-order valence-electron chi connectivity index (χ2n) is 6.05. The fourth-order valence-corrected chi connectivity index (χ4v) is 3.29. The van der Waals surface area contributed by atoms with E-state index in [9.17, 15) is 10.1 Å². The fourth-order valence-electron chi connectivity index (χ4n) is 3.29. The molecule has 1 heterocycles. The number of para-hydroxylation sites is 4. The zero-order valence-electron chi connectivity index (χ0n) is 13.8. The van der Waals surface area contributed by atoms with Crippen LogP contribution < -0.4 is 9.80 Å². The third-order valence-corrected chi connectivity index (χ3v) is 4.56. The van der Waals surface area contributed by atoms with Gasteiger partial charge < -0.3 is 9.80 Å². The molecule has 124 valence electrons. The molecule has 3 aromatic rings. The van der Waals surface area contributed by atoms with Gasteiger partial charge in [0.2, 0.25) is 0 Å². The highest BCUT2D eigenvalue weighted by Gasteiger charge is 2.25. The molecule has 0 bridgehead atoms. The van der Waals surface area contributed by atoms with Gasteiger partial charge in [-0.3, -0.25) is 10.1 Å². The Kier molecular flexibility index (Phi) is 3.61. The highest BCUT2D eigenvalue weighted by Crippen LogP contribution is 2.47. The van der Waals surface area contributed by atoms with Crippen LogP contribution in [0.15, 0.2) is 72.8 Å². The third-order valence-electron chi connectivity index (χ3n) is 4.56. The van der Waals surface area contributed by atoms with E-state index in [2.05, 4.69) is 41.1 Å². The van der Waals surface area contributed by atoms with E-state index in [4.69, 9.17) is 0 Å². The van der Waals surface area contributed by atoms with Crippen molar-refractivity contribution in [2.24, 2.45) is 0 Å². The van der Waals surface area contributed by atoms with Gasteiger partial charge in [-0.1, -0.05) is 36.4 Å². The molecule has 0 aromatic heterocycles. The minimum Gasteiger partial charge on any atom is -0.341 e. The SMILES string of the molecule is CN1c2ccccc2N(Cc2ccc([N+](=O)[O-])cc2)c2ccccc21. The first-order valence-electron chi connectivity index (χ1n) is 8.08. The summed E-state index contributed by atoms with van der Waals surface area (Å²) in [6, 6.07) is 23.3. The topological polar surface area (TPSA) is 49.6 Å². The first-order chi connectivity index (χ1) is 12.1. The van der Waals surface area contributed by atoms with Gasteiger partial charge in [0.25, 0.3) is 5.69 Å². The monoisotopic (exact) mass is 331 g/mol. The van der Waals surface area contributed by atoms with Gasteiger partial charge in [0.15, 0.2) is 0 Å². The maximum Gasteiger partial charge on any atom is 0.269 e. The minimum absolute atomic E-state index is 0.114. The Labute approximate surface area is 145 Å². The Morgan fingerprint density at radius 3 is 1.76 bits per heavy atom. The van der Waals surface area contributed by atoms with Crippen LogP contribution in [0.4, 0.5) is 28.4 Å². The van der Waals surface area contributed by atoms with Crippen LogP contribution in [0, 0.1) is 10.1 Å². The predicted octanol–water partition coefficient (Wildman–Crippen LogP) is 5.01. The molecule has 1 aliphatic rings. The second-order valence-corrected chi connectivity index (χ2v) is 6.05. The highest BCUT2D eigenvalue weighted by molar-refractivity contribution is 5.92. The first-order valence-corrected chi connectivity index (χ1v) is 8.08. The number of hydrogen-bond donors (Lipinski definition) is 0. The van der Waals surface area contributed by atoms with Crippen LogP contribution in [0.3, 0.4) is 0 Å². The summed E-state index contributed by atoms with van der Waals surface area (Å²) in [6.07, 6.45) is 0. The van der Waals surface area contributed by atoms with Crippen molar-refractivity contribution in [1.82, 2.24) is 0 Å². The van der Waals surface area contributed by atoms with E-state index < -0.39 is 0 Å². The molecule has 0 aliphatic carbocycles. The van der Waals surface area contributed by atoms with E-state index in [0.29, 0.717) is 6.54 Å². The number of nitrogens with zero attached hydrogens (tertiary/aromatic N) is 3. The normalized spacial score (nSPS) is 12.5. The zero-order valence-corrected chi connectivity index (χ0v) is 13.8. The van der Waals surface area contributed by atoms with Gasteiger partial charge in [0.05, 0.1) is 27.7 Å². The van der Waals surface area contributed by atoms with Gasteiger partial charge in [-0.05, 0) is 29.8 Å². The number of non-ortho nitro benzene ring substituents is 1. The standard InChI is InChI=1S/C20H17N3O2/c1-21-17-6-2-4-8-19(17)22(20-9-5-3-7-18(20)21)14-15-10-12-16(13-11-15)23(24)25/h2-13H,14H2,1H3. The summed E-state index contributed by atoms with van der Waals surface area (Å²) in [4.78, 5) is 14.9. The lowest BCUT2D eigenvalue weighted by Crippen LogP contribution is -2.26. The summed E-state index contributed by atoms with van der Waals surface area (Å²) in [5.41, 5.74) is 5.68. The maximum absolute atomic E-state index is 10.9. The van der Waals surface area contributed by atoms with Crippen LogP contribution in [0.1, 0.15) is 5.56 Å². The molecular weight excluding hydrogens is 314 g/mol. The minimum atomic E-state index is -0.371. The van der Waals surface area contributed by atoms with Crippen molar-refractivity contribution >= 4 is 28.4 Å². The lowest BCUT2D eigenvalue weighted by atomic mass is 10.1. The summed E-state index contributed by atoms with van der Waals surface area (Å²) >= 11 is 0. The molecule has 4 rings (SSSR count). The average Bonchev–Trinajstić information content (AvgIpc) is 2.65. The van der Waals surface area contributed by atoms with Crippen molar-refractivity contribution in [3.05, 3.63) is 88.5 Å². The molecule has 25 heavy (non-hydrogen) atoms. The summed E-state index contributed by atoms with van der Waals surface area (Å²) in [7, 11) is 2.07. The molecule has 1 aliphatic heterocycles. The van der Waals surface area contributed by atoms with Crippen molar-refractivity contribution in [3.8, 4) is 0 Å². The van der Waals surface area contributed by atoms with Crippen molar-refractivity contribution in [2.75, 3.05) is 16.8 Å².